The highest BCUT2D eigenvalue weighted by molar-refractivity contribution is 7.99. The Bertz CT molecular complexity index is 734. The molecule has 7 heteroatoms. The summed E-state index contributed by atoms with van der Waals surface area (Å²) >= 11 is 19.3. The molecule has 0 saturated heterocycles. The first-order chi connectivity index (χ1) is 11.0. The Balaban J connectivity index is 1.87. The SMILES string of the molecule is N#Cc1ccc(CSCC(=O)Nc2c(Cl)cc(Cl)cc2Cl)cc1. The number of hydrogen-bond acceptors (Lipinski definition) is 3. The van der Waals surface area contributed by atoms with E-state index < -0.39 is 0 Å². The minimum absolute atomic E-state index is 0.199. The smallest absolute Gasteiger partial charge is 0.234 e. The van der Waals surface area contributed by atoms with E-state index in [1.807, 2.05) is 12.1 Å². The summed E-state index contributed by atoms with van der Waals surface area (Å²) in [6.45, 7) is 0. The number of nitrogens with one attached hydrogen (secondary N) is 1. The second-order valence-corrected chi connectivity index (χ2v) is 6.83. The number of nitriles is 1. The molecule has 3 nitrogen and oxygen atoms in total. The number of rotatable bonds is 5. The number of benzene rings is 2. The second-order valence-electron chi connectivity index (χ2n) is 4.59. The Morgan fingerprint density at radius 1 is 1.13 bits per heavy atom. The van der Waals surface area contributed by atoms with Crippen molar-refractivity contribution in [1.29, 1.82) is 5.26 Å². The molecule has 0 aliphatic carbocycles. The van der Waals surface area contributed by atoms with Gasteiger partial charge in [-0.2, -0.15) is 5.26 Å². The third kappa shape index (κ3) is 5.33. The lowest BCUT2D eigenvalue weighted by atomic mass is 10.2. The summed E-state index contributed by atoms with van der Waals surface area (Å²) in [5, 5.41) is 12.4. The van der Waals surface area contributed by atoms with E-state index in [1.54, 1.807) is 12.1 Å². The summed E-state index contributed by atoms with van der Waals surface area (Å²) in [6, 6.07) is 12.4. The molecule has 0 aliphatic heterocycles. The summed E-state index contributed by atoms with van der Waals surface area (Å²) in [7, 11) is 0. The third-order valence-electron chi connectivity index (χ3n) is 2.86. The number of carbonyl (C=O) groups excluding carboxylic acids is 1. The van der Waals surface area contributed by atoms with Gasteiger partial charge >= 0.3 is 0 Å². The van der Waals surface area contributed by atoms with Crippen molar-refractivity contribution in [3.63, 3.8) is 0 Å². The van der Waals surface area contributed by atoms with Crippen molar-refractivity contribution in [1.82, 2.24) is 0 Å². The van der Waals surface area contributed by atoms with Crippen molar-refractivity contribution < 1.29 is 4.79 Å². The number of thioether (sulfide) groups is 1. The monoisotopic (exact) mass is 384 g/mol. The van der Waals surface area contributed by atoms with Crippen LogP contribution in [-0.2, 0) is 10.5 Å². The number of carbonyl (C=O) groups is 1. The van der Waals surface area contributed by atoms with Gasteiger partial charge in [0.2, 0.25) is 5.91 Å². The van der Waals surface area contributed by atoms with Crippen LogP contribution in [0.25, 0.3) is 0 Å². The van der Waals surface area contributed by atoms with E-state index in [4.69, 9.17) is 40.1 Å². The number of amides is 1. The standard InChI is InChI=1S/C16H11Cl3N2OS/c17-12-5-13(18)16(14(19)6-12)21-15(22)9-23-8-11-3-1-10(7-20)2-4-11/h1-6H,8-9H2,(H,21,22). The van der Waals surface area contributed by atoms with Crippen molar-refractivity contribution in [2.45, 2.75) is 5.75 Å². The average molecular weight is 386 g/mol. The zero-order valence-electron chi connectivity index (χ0n) is 11.8. The van der Waals surface area contributed by atoms with Crippen LogP contribution >= 0.6 is 46.6 Å². The van der Waals surface area contributed by atoms with Crippen LogP contribution in [0.15, 0.2) is 36.4 Å². The average Bonchev–Trinajstić information content (AvgIpc) is 2.51. The van der Waals surface area contributed by atoms with Crippen molar-refractivity contribution in [2.75, 3.05) is 11.1 Å². The Morgan fingerprint density at radius 3 is 2.30 bits per heavy atom. The maximum absolute atomic E-state index is 12.0. The predicted octanol–water partition coefficient (Wildman–Crippen LogP) is 5.39. The largest absolute Gasteiger partial charge is 0.323 e. The van der Waals surface area contributed by atoms with Gasteiger partial charge in [-0.15, -0.1) is 11.8 Å². The Hall–Kier alpha value is -1.38. The van der Waals surface area contributed by atoms with Crippen LogP contribution in [0.3, 0.4) is 0 Å². The van der Waals surface area contributed by atoms with Gasteiger partial charge in [0.1, 0.15) is 0 Å². The molecule has 118 valence electrons. The molecule has 0 heterocycles. The van der Waals surface area contributed by atoms with Gasteiger partial charge in [0.15, 0.2) is 0 Å². The van der Waals surface area contributed by atoms with Gasteiger partial charge in [-0.3, -0.25) is 4.79 Å². The minimum Gasteiger partial charge on any atom is -0.323 e. The highest BCUT2D eigenvalue weighted by atomic mass is 35.5. The van der Waals surface area contributed by atoms with Crippen molar-refractivity contribution in [2.24, 2.45) is 0 Å². The fourth-order valence-electron chi connectivity index (χ4n) is 1.77. The normalized spacial score (nSPS) is 10.2. The molecule has 23 heavy (non-hydrogen) atoms. The van der Waals surface area contributed by atoms with Crippen LogP contribution in [0, 0.1) is 11.3 Å². The van der Waals surface area contributed by atoms with Gasteiger partial charge < -0.3 is 5.32 Å². The number of nitrogens with zero attached hydrogens (tertiary/aromatic N) is 1. The summed E-state index contributed by atoms with van der Waals surface area (Å²) in [5.74, 6) is 0.728. The van der Waals surface area contributed by atoms with E-state index in [0.29, 0.717) is 32.1 Å². The molecule has 1 amide bonds. The van der Waals surface area contributed by atoms with Gasteiger partial charge in [-0.25, -0.2) is 0 Å². The van der Waals surface area contributed by atoms with E-state index in [9.17, 15) is 4.79 Å². The number of hydrogen-bond donors (Lipinski definition) is 1. The van der Waals surface area contributed by atoms with Crippen LogP contribution in [0.1, 0.15) is 11.1 Å². The molecular weight excluding hydrogens is 375 g/mol. The lowest BCUT2D eigenvalue weighted by Crippen LogP contribution is -2.14. The first-order valence-corrected chi connectivity index (χ1v) is 8.79. The minimum atomic E-state index is -0.199. The third-order valence-corrected chi connectivity index (χ3v) is 4.67. The zero-order chi connectivity index (χ0) is 16.8. The van der Waals surface area contributed by atoms with Gasteiger partial charge in [-0.1, -0.05) is 46.9 Å². The molecule has 0 aromatic heterocycles. The Kier molecular flexibility index (Phi) is 6.61. The topological polar surface area (TPSA) is 52.9 Å². The van der Waals surface area contributed by atoms with E-state index in [-0.39, 0.29) is 11.7 Å². The predicted molar refractivity (Wildman–Crippen MR) is 97.4 cm³/mol. The number of anilines is 1. The van der Waals surface area contributed by atoms with Crippen LogP contribution in [0.4, 0.5) is 5.69 Å². The molecule has 0 unspecified atom stereocenters. The molecule has 2 aromatic carbocycles. The Labute approximate surface area is 153 Å². The molecule has 0 spiro atoms. The second kappa shape index (κ2) is 8.47. The molecule has 1 N–H and O–H groups in total. The molecule has 0 atom stereocenters. The molecule has 2 aromatic rings. The number of halogens is 3. The molecular formula is C16H11Cl3N2OS. The summed E-state index contributed by atoms with van der Waals surface area (Å²) in [4.78, 5) is 12.0. The van der Waals surface area contributed by atoms with E-state index in [1.165, 1.54) is 23.9 Å². The lowest BCUT2D eigenvalue weighted by molar-refractivity contribution is -0.113. The molecule has 0 radical (unpaired) electrons. The van der Waals surface area contributed by atoms with Crippen molar-refractivity contribution in [3.8, 4) is 6.07 Å². The van der Waals surface area contributed by atoms with Crippen LogP contribution in [-0.4, -0.2) is 11.7 Å². The van der Waals surface area contributed by atoms with Crippen molar-refractivity contribution >= 4 is 58.2 Å². The van der Waals surface area contributed by atoms with Gasteiger partial charge in [0.05, 0.1) is 33.1 Å². The molecule has 0 bridgehead atoms. The van der Waals surface area contributed by atoms with Gasteiger partial charge in [0.25, 0.3) is 0 Å². The van der Waals surface area contributed by atoms with Crippen LogP contribution < -0.4 is 5.32 Å². The summed E-state index contributed by atoms with van der Waals surface area (Å²) in [5.41, 5.74) is 2.02. The zero-order valence-corrected chi connectivity index (χ0v) is 14.9. The molecule has 2 rings (SSSR count). The maximum Gasteiger partial charge on any atom is 0.234 e. The summed E-state index contributed by atoms with van der Waals surface area (Å²) < 4.78 is 0. The van der Waals surface area contributed by atoms with E-state index in [0.717, 1.165) is 5.56 Å². The quantitative estimate of drug-likeness (QED) is 0.750. The van der Waals surface area contributed by atoms with Crippen LogP contribution in [0.5, 0.6) is 0 Å². The highest BCUT2D eigenvalue weighted by Crippen LogP contribution is 2.33. The van der Waals surface area contributed by atoms with Gasteiger partial charge in [0, 0.05) is 10.8 Å². The lowest BCUT2D eigenvalue weighted by Gasteiger charge is -2.09. The fourth-order valence-corrected chi connectivity index (χ4v) is 3.47. The molecule has 0 saturated carbocycles. The first-order valence-electron chi connectivity index (χ1n) is 6.51. The maximum atomic E-state index is 12.0. The molecule has 0 aliphatic rings. The van der Waals surface area contributed by atoms with E-state index in [2.05, 4.69) is 11.4 Å². The fraction of sp³-hybridized carbons (Fsp3) is 0.125. The molecule has 0 fully saturated rings. The first kappa shape index (κ1) is 18.0. The Morgan fingerprint density at radius 2 is 1.74 bits per heavy atom. The van der Waals surface area contributed by atoms with Crippen molar-refractivity contribution in [3.05, 3.63) is 62.6 Å². The summed E-state index contributed by atoms with van der Waals surface area (Å²) in [6.07, 6.45) is 0. The van der Waals surface area contributed by atoms with Gasteiger partial charge in [-0.05, 0) is 29.8 Å². The highest BCUT2D eigenvalue weighted by Gasteiger charge is 2.11. The van der Waals surface area contributed by atoms with Crippen LogP contribution in [0.2, 0.25) is 15.1 Å². The van der Waals surface area contributed by atoms with E-state index >= 15 is 0 Å².